The molecule has 0 bridgehead atoms. The SMILES string of the molecule is COCCOC(=O)C1=C(C)NC(C)=C(C(=O)OC(C)C)C1c1cccc(NCC(O)CO)c1. The number of methoxy groups -OCH3 is 1. The van der Waals surface area contributed by atoms with Crippen LogP contribution in [0, 0.1) is 0 Å². The van der Waals surface area contributed by atoms with Crippen molar-refractivity contribution in [2.45, 2.75) is 45.8 Å². The molecule has 1 heterocycles. The van der Waals surface area contributed by atoms with E-state index >= 15 is 0 Å². The Bertz CT molecular complexity index is 908. The van der Waals surface area contributed by atoms with Gasteiger partial charge in [-0.1, -0.05) is 12.1 Å². The molecule has 1 aliphatic rings. The Labute approximate surface area is 194 Å². The van der Waals surface area contributed by atoms with E-state index in [9.17, 15) is 14.7 Å². The molecule has 2 rings (SSSR count). The molecule has 0 aromatic heterocycles. The number of hydrogen-bond acceptors (Lipinski definition) is 9. The minimum absolute atomic E-state index is 0.0773. The fourth-order valence-electron chi connectivity index (χ4n) is 3.57. The van der Waals surface area contributed by atoms with E-state index in [0.717, 1.165) is 0 Å². The summed E-state index contributed by atoms with van der Waals surface area (Å²) in [5, 5.41) is 24.9. The number of nitrogens with one attached hydrogen (secondary N) is 2. The first-order chi connectivity index (χ1) is 15.7. The number of benzene rings is 1. The van der Waals surface area contributed by atoms with Crippen molar-refractivity contribution in [3.8, 4) is 0 Å². The highest BCUT2D eigenvalue weighted by molar-refractivity contribution is 6.00. The zero-order valence-electron chi connectivity index (χ0n) is 19.8. The fourth-order valence-corrected chi connectivity index (χ4v) is 3.57. The van der Waals surface area contributed by atoms with Crippen molar-refractivity contribution in [3.63, 3.8) is 0 Å². The molecule has 0 aliphatic carbocycles. The van der Waals surface area contributed by atoms with E-state index in [2.05, 4.69) is 10.6 Å². The summed E-state index contributed by atoms with van der Waals surface area (Å²) < 4.78 is 15.9. The van der Waals surface area contributed by atoms with Gasteiger partial charge in [0.15, 0.2) is 0 Å². The summed E-state index contributed by atoms with van der Waals surface area (Å²) in [4.78, 5) is 26.2. The summed E-state index contributed by atoms with van der Waals surface area (Å²) >= 11 is 0. The third kappa shape index (κ3) is 7.05. The molecule has 33 heavy (non-hydrogen) atoms. The van der Waals surface area contributed by atoms with Gasteiger partial charge >= 0.3 is 11.9 Å². The number of carbonyl (C=O) groups is 2. The van der Waals surface area contributed by atoms with E-state index < -0.39 is 24.0 Å². The van der Waals surface area contributed by atoms with Crippen molar-refractivity contribution in [2.24, 2.45) is 0 Å². The molecule has 0 amide bonds. The van der Waals surface area contributed by atoms with E-state index in [0.29, 0.717) is 33.8 Å². The Kier molecular flexibility index (Phi) is 9.90. The van der Waals surface area contributed by atoms with Crippen LogP contribution in [-0.2, 0) is 23.8 Å². The summed E-state index contributed by atoms with van der Waals surface area (Å²) in [6.07, 6.45) is -1.25. The van der Waals surface area contributed by atoms with Gasteiger partial charge in [0, 0.05) is 30.7 Å². The van der Waals surface area contributed by atoms with E-state index in [-0.39, 0.29) is 32.5 Å². The van der Waals surface area contributed by atoms with Crippen LogP contribution in [-0.4, -0.2) is 67.8 Å². The van der Waals surface area contributed by atoms with Gasteiger partial charge in [-0.25, -0.2) is 9.59 Å². The number of aliphatic hydroxyl groups is 2. The Hall–Kier alpha value is -2.88. The molecule has 2 atom stereocenters. The highest BCUT2D eigenvalue weighted by Crippen LogP contribution is 2.40. The van der Waals surface area contributed by atoms with E-state index in [4.69, 9.17) is 19.3 Å². The minimum Gasteiger partial charge on any atom is -0.460 e. The van der Waals surface area contributed by atoms with Crippen LogP contribution < -0.4 is 10.6 Å². The lowest BCUT2D eigenvalue weighted by atomic mass is 9.80. The van der Waals surface area contributed by atoms with Crippen LogP contribution in [0.15, 0.2) is 46.8 Å². The second-order valence-electron chi connectivity index (χ2n) is 8.06. The number of ether oxygens (including phenoxy) is 3. The normalized spacial score (nSPS) is 17.0. The van der Waals surface area contributed by atoms with Gasteiger partial charge in [0.25, 0.3) is 0 Å². The van der Waals surface area contributed by atoms with Crippen LogP contribution in [0.5, 0.6) is 0 Å². The van der Waals surface area contributed by atoms with Gasteiger partial charge in [-0.2, -0.15) is 0 Å². The average molecular weight is 463 g/mol. The van der Waals surface area contributed by atoms with Crippen LogP contribution >= 0.6 is 0 Å². The first-order valence-corrected chi connectivity index (χ1v) is 10.9. The molecule has 0 saturated heterocycles. The number of hydrogen-bond donors (Lipinski definition) is 4. The van der Waals surface area contributed by atoms with Crippen molar-refractivity contribution < 1.29 is 34.0 Å². The fraction of sp³-hybridized carbons (Fsp3) is 0.500. The number of aliphatic hydroxyl groups excluding tert-OH is 2. The van der Waals surface area contributed by atoms with Crippen molar-refractivity contribution >= 4 is 17.6 Å². The lowest BCUT2D eigenvalue weighted by Crippen LogP contribution is -2.33. The molecule has 0 radical (unpaired) electrons. The second kappa shape index (κ2) is 12.4. The third-order valence-corrected chi connectivity index (χ3v) is 5.04. The summed E-state index contributed by atoms with van der Waals surface area (Å²) in [7, 11) is 1.52. The zero-order chi connectivity index (χ0) is 24.5. The van der Waals surface area contributed by atoms with E-state index in [1.807, 2.05) is 6.07 Å². The number of carbonyl (C=O) groups excluding carboxylic acids is 2. The number of dihydropyridines is 1. The quantitative estimate of drug-likeness (QED) is 0.288. The van der Waals surface area contributed by atoms with Gasteiger partial charge in [-0.15, -0.1) is 0 Å². The molecule has 1 aliphatic heterocycles. The average Bonchev–Trinajstić information content (AvgIpc) is 2.76. The standard InChI is InChI=1S/C24H34N2O7/c1-14(2)33-24(30)21-16(4)26-15(3)20(23(29)32-10-9-31-5)22(21)17-7-6-8-18(11-17)25-12-19(28)13-27/h6-8,11,14,19,22,25-28H,9-10,12-13H2,1-5H3. The lowest BCUT2D eigenvalue weighted by Gasteiger charge is -2.31. The van der Waals surface area contributed by atoms with Crippen molar-refractivity contribution in [1.82, 2.24) is 5.32 Å². The monoisotopic (exact) mass is 462 g/mol. The van der Waals surface area contributed by atoms with Gasteiger partial charge in [0.2, 0.25) is 0 Å². The maximum atomic E-state index is 13.1. The zero-order valence-corrected chi connectivity index (χ0v) is 19.8. The summed E-state index contributed by atoms with van der Waals surface area (Å²) in [6, 6.07) is 7.19. The van der Waals surface area contributed by atoms with Gasteiger partial charge < -0.3 is 35.1 Å². The Balaban J connectivity index is 2.51. The predicted molar refractivity (Wildman–Crippen MR) is 123 cm³/mol. The van der Waals surface area contributed by atoms with Crippen LogP contribution in [0.1, 0.15) is 39.2 Å². The topological polar surface area (TPSA) is 126 Å². The lowest BCUT2D eigenvalue weighted by molar-refractivity contribution is -0.143. The molecular weight excluding hydrogens is 428 g/mol. The third-order valence-electron chi connectivity index (χ3n) is 5.04. The molecule has 0 spiro atoms. The molecule has 4 N–H and O–H groups in total. The molecule has 9 nitrogen and oxygen atoms in total. The second-order valence-corrected chi connectivity index (χ2v) is 8.06. The number of rotatable bonds is 11. The van der Waals surface area contributed by atoms with Crippen LogP contribution in [0.2, 0.25) is 0 Å². The van der Waals surface area contributed by atoms with Gasteiger partial charge in [0.05, 0.1) is 42.5 Å². The molecule has 9 heteroatoms. The summed E-state index contributed by atoms with van der Waals surface area (Å²) in [6.45, 7) is 7.15. The maximum absolute atomic E-state index is 13.1. The number of esters is 2. The molecule has 2 unspecified atom stereocenters. The van der Waals surface area contributed by atoms with Gasteiger partial charge in [-0.3, -0.25) is 0 Å². The predicted octanol–water partition coefficient (Wildman–Crippen LogP) is 1.83. The minimum atomic E-state index is -0.917. The van der Waals surface area contributed by atoms with Crippen molar-refractivity contribution in [1.29, 1.82) is 0 Å². The molecule has 1 aromatic carbocycles. The van der Waals surface area contributed by atoms with Crippen molar-refractivity contribution in [2.75, 3.05) is 38.8 Å². The largest absolute Gasteiger partial charge is 0.460 e. The van der Waals surface area contributed by atoms with E-state index in [1.165, 1.54) is 7.11 Å². The molecule has 0 saturated carbocycles. The highest BCUT2D eigenvalue weighted by Gasteiger charge is 2.38. The molecule has 0 fully saturated rings. The first kappa shape index (κ1) is 26.4. The number of allylic oxidation sites excluding steroid dienone is 2. The molecule has 1 aromatic rings. The van der Waals surface area contributed by atoms with Gasteiger partial charge in [-0.05, 0) is 45.4 Å². The number of anilines is 1. The smallest absolute Gasteiger partial charge is 0.337 e. The maximum Gasteiger partial charge on any atom is 0.337 e. The summed E-state index contributed by atoms with van der Waals surface area (Å²) in [5.41, 5.74) is 3.13. The van der Waals surface area contributed by atoms with E-state index in [1.54, 1.807) is 45.9 Å². The Morgan fingerprint density at radius 3 is 2.39 bits per heavy atom. The van der Waals surface area contributed by atoms with Crippen LogP contribution in [0.25, 0.3) is 0 Å². The Morgan fingerprint density at radius 2 is 1.79 bits per heavy atom. The van der Waals surface area contributed by atoms with Crippen LogP contribution in [0.4, 0.5) is 5.69 Å². The van der Waals surface area contributed by atoms with Crippen molar-refractivity contribution in [3.05, 3.63) is 52.4 Å². The molecule has 182 valence electrons. The highest BCUT2D eigenvalue weighted by atomic mass is 16.6. The van der Waals surface area contributed by atoms with Gasteiger partial charge in [0.1, 0.15) is 6.61 Å². The molecular formula is C24H34N2O7. The Morgan fingerprint density at radius 1 is 1.12 bits per heavy atom. The summed E-state index contributed by atoms with van der Waals surface area (Å²) in [5.74, 6) is -1.81. The van der Waals surface area contributed by atoms with Crippen LogP contribution in [0.3, 0.4) is 0 Å². The first-order valence-electron chi connectivity index (χ1n) is 10.9.